The third-order valence-corrected chi connectivity index (χ3v) is 2.49. The summed E-state index contributed by atoms with van der Waals surface area (Å²) in [5.41, 5.74) is 5.85. The fourth-order valence-corrected chi connectivity index (χ4v) is 1.47. The van der Waals surface area contributed by atoms with Crippen LogP contribution in [0.15, 0.2) is 24.3 Å². The molecule has 6 nitrogen and oxygen atoms in total. The first-order valence-corrected chi connectivity index (χ1v) is 5.42. The van der Waals surface area contributed by atoms with Crippen molar-refractivity contribution in [2.75, 3.05) is 4.72 Å². The first kappa shape index (κ1) is 12.2. The molecular formula is C9H10N2O4S. The predicted molar refractivity (Wildman–Crippen MR) is 59.1 cm³/mol. The molecule has 0 saturated heterocycles. The molecule has 1 atom stereocenters. The van der Waals surface area contributed by atoms with Crippen LogP contribution in [0.4, 0.5) is 10.5 Å². The molecule has 0 aliphatic rings. The molecule has 1 unspecified atom stereocenters. The summed E-state index contributed by atoms with van der Waals surface area (Å²) in [7, 11) is -1.97. The molecule has 1 amide bonds. The van der Waals surface area contributed by atoms with Crippen molar-refractivity contribution in [3.05, 3.63) is 29.8 Å². The minimum Gasteiger partial charge on any atom is -0.481 e. The number of hydrogen-bond donors (Lipinski definition) is 3. The molecule has 0 spiro atoms. The van der Waals surface area contributed by atoms with Crippen LogP contribution in [0.1, 0.15) is 5.56 Å². The van der Waals surface area contributed by atoms with Crippen molar-refractivity contribution in [3.63, 3.8) is 0 Å². The maximum atomic E-state index is 11.0. The molecule has 86 valence electrons. The van der Waals surface area contributed by atoms with Gasteiger partial charge in [0.25, 0.3) is 0 Å². The Balaban J connectivity index is 2.68. The van der Waals surface area contributed by atoms with Gasteiger partial charge >= 0.3 is 11.2 Å². The number of benzene rings is 1. The number of carboxylic acids is 1. The lowest BCUT2D eigenvalue weighted by atomic mass is 10.1. The van der Waals surface area contributed by atoms with E-state index < -0.39 is 22.2 Å². The van der Waals surface area contributed by atoms with Gasteiger partial charge in [-0.25, -0.2) is 4.21 Å². The fourth-order valence-electron chi connectivity index (χ4n) is 1.02. The van der Waals surface area contributed by atoms with E-state index in [1.54, 1.807) is 12.1 Å². The Bertz CT molecular complexity index is 430. The number of aliphatic carboxylic acids is 1. The van der Waals surface area contributed by atoms with Gasteiger partial charge in [0.2, 0.25) is 11.0 Å². The highest BCUT2D eigenvalue weighted by Gasteiger charge is 2.06. The second-order valence-electron chi connectivity index (χ2n) is 2.96. The molecular weight excluding hydrogens is 232 g/mol. The summed E-state index contributed by atoms with van der Waals surface area (Å²) in [5, 5.41) is 7.57. The van der Waals surface area contributed by atoms with E-state index in [2.05, 4.69) is 4.72 Å². The van der Waals surface area contributed by atoms with Crippen LogP contribution in [0.5, 0.6) is 0 Å². The number of primary amides is 1. The third kappa shape index (κ3) is 3.70. The summed E-state index contributed by atoms with van der Waals surface area (Å²) >= 11 is 0. The molecule has 1 aromatic carbocycles. The molecule has 0 bridgehead atoms. The zero-order valence-electron chi connectivity index (χ0n) is 8.17. The zero-order valence-corrected chi connectivity index (χ0v) is 8.99. The van der Waals surface area contributed by atoms with Crippen molar-refractivity contribution in [2.45, 2.75) is 6.42 Å². The zero-order chi connectivity index (χ0) is 12.1. The van der Waals surface area contributed by atoms with E-state index in [-0.39, 0.29) is 6.42 Å². The Kier molecular flexibility index (Phi) is 4.01. The van der Waals surface area contributed by atoms with Crippen molar-refractivity contribution < 1.29 is 18.9 Å². The topological polar surface area (TPSA) is 109 Å². The van der Waals surface area contributed by atoms with Gasteiger partial charge in [-0.05, 0) is 17.7 Å². The highest BCUT2D eigenvalue weighted by Crippen LogP contribution is 2.10. The smallest absolute Gasteiger partial charge is 0.327 e. The van der Waals surface area contributed by atoms with Gasteiger partial charge in [-0.15, -0.1) is 0 Å². The molecule has 0 saturated carbocycles. The Labute approximate surface area is 94.0 Å². The van der Waals surface area contributed by atoms with Crippen LogP contribution < -0.4 is 10.5 Å². The van der Waals surface area contributed by atoms with E-state index in [1.807, 2.05) is 0 Å². The SMILES string of the molecule is NC(=O)S(=O)Nc1ccc(CC(=O)O)cc1. The standard InChI is InChI=1S/C9H10N2O4S/c10-9(14)16(15)11-7-3-1-6(2-4-7)5-8(12)13/h1-4,11H,5H2,(H2,10,14)(H,12,13). The average Bonchev–Trinajstić information content (AvgIpc) is 2.20. The lowest BCUT2D eigenvalue weighted by Crippen LogP contribution is -2.21. The quantitative estimate of drug-likeness (QED) is 0.712. The molecule has 1 aromatic rings. The molecule has 16 heavy (non-hydrogen) atoms. The van der Waals surface area contributed by atoms with Crippen molar-refractivity contribution in [2.24, 2.45) is 5.73 Å². The summed E-state index contributed by atoms with van der Waals surface area (Å²) in [5.74, 6) is -0.929. The van der Waals surface area contributed by atoms with Gasteiger partial charge in [0.05, 0.1) is 6.42 Å². The van der Waals surface area contributed by atoms with E-state index in [9.17, 15) is 13.8 Å². The Morgan fingerprint density at radius 1 is 1.31 bits per heavy atom. The Morgan fingerprint density at radius 3 is 2.31 bits per heavy atom. The molecule has 1 rings (SSSR count). The monoisotopic (exact) mass is 242 g/mol. The fraction of sp³-hybridized carbons (Fsp3) is 0.111. The lowest BCUT2D eigenvalue weighted by molar-refractivity contribution is -0.136. The van der Waals surface area contributed by atoms with E-state index in [4.69, 9.17) is 10.8 Å². The number of rotatable bonds is 4. The third-order valence-electron chi connectivity index (χ3n) is 1.70. The molecule has 0 aliphatic heterocycles. The first-order chi connectivity index (χ1) is 7.49. The minimum atomic E-state index is -1.97. The number of amides is 1. The summed E-state index contributed by atoms with van der Waals surface area (Å²) in [6.45, 7) is 0. The van der Waals surface area contributed by atoms with Crippen molar-refractivity contribution >= 4 is 27.9 Å². The van der Waals surface area contributed by atoms with E-state index in [1.165, 1.54) is 12.1 Å². The number of nitrogens with two attached hydrogens (primary N) is 1. The number of nitrogens with one attached hydrogen (secondary N) is 1. The van der Waals surface area contributed by atoms with Crippen LogP contribution in [0.2, 0.25) is 0 Å². The van der Waals surface area contributed by atoms with Crippen LogP contribution >= 0.6 is 0 Å². The molecule has 0 radical (unpaired) electrons. The van der Waals surface area contributed by atoms with E-state index >= 15 is 0 Å². The van der Waals surface area contributed by atoms with Crippen LogP contribution in [0.25, 0.3) is 0 Å². The highest BCUT2D eigenvalue weighted by atomic mass is 32.2. The van der Waals surface area contributed by atoms with Crippen LogP contribution in [0, 0.1) is 0 Å². The number of carbonyl (C=O) groups excluding carboxylic acids is 1. The van der Waals surface area contributed by atoms with Crippen molar-refractivity contribution in [1.82, 2.24) is 0 Å². The van der Waals surface area contributed by atoms with Gasteiger partial charge in [0.1, 0.15) is 0 Å². The summed E-state index contributed by atoms with van der Waals surface area (Å²) in [6.07, 6.45) is -0.0841. The van der Waals surface area contributed by atoms with Gasteiger partial charge < -0.3 is 10.8 Å². The van der Waals surface area contributed by atoms with Crippen LogP contribution in [-0.4, -0.2) is 20.5 Å². The molecule has 0 heterocycles. The number of carboxylic acid groups (broad SMARTS) is 1. The largest absolute Gasteiger partial charge is 0.481 e. The molecule has 0 aliphatic carbocycles. The predicted octanol–water partition coefficient (Wildman–Crippen LogP) is 0.468. The maximum absolute atomic E-state index is 11.0. The lowest BCUT2D eigenvalue weighted by Gasteiger charge is -2.03. The van der Waals surface area contributed by atoms with Crippen molar-refractivity contribution in [1.29, 1.82) is 0 Å². The maximum Gasteiger partial charge on any atom is 0.327 e. The first-order valence-electron chi connectivity index (χ1n) is 4.27. The second-order valence-corrected chi connectivity index (χ2v) is 4.10. The normalized spacial score (nSPS) is 11.8. The van der Waals surface area contributed by atoms with E-state index in [0.717, 1.165) is 0 Å². The summed E-state index contributed by atoms with van der Waals surface area (Å²) < 4.78 is 13.4. The minimum absolute atomic E-state index is 0.0841. The number of carbonyl (C=O) groups is 2. The Hall–Kier alpha value is -1.89. The van der Waals surface area contributed by atoms with E-state index in [0.29, 0.717) is 11.3 Å². The van der Waals surface area contributed by atoms with Gasteiger partial charge in [0, 0.05) is 5.69 Å². The van der Waals surface area contributed by atoms with Gasteiger partial charge in [-0.3, -0.25) is 14.3 Å². The number of hydrogen-bond acceptors (Lipinski definition) is 3. The molecule has 7 heteroatoms. The van der Waals surface area contributed by atoms with Crippen LogP contribution in [-0.2, 0) is 22.2 Å². The Morgan fingerprint density at radius 2 is 1.88 bits per heavy atom. The van der Waals surface area contributed by atoms with Crippen LogP contribution in [0.3, 0.4) is 0 Å². The van der Waals surface area contributed by atoms with Gasteiger partial charge in [0.15, 0.2) is 0 Å². The van der Waals surface area contributed by atoms with Crippen molar-refractivity contribution in [3.8, 4) is 0 Å². The van der Waals surface area contributed by atoms with Gasteiger partial charge in [-0.2, -0.15) is 0 Å². The highest BCUT2D eigenvalue weighted by molar-refractivity contribution is 8.01. The molecule has 0 fully saturated rings. The molecule has 0 aromatic heterocycles. The van der Waals surface area contributed by atoms with Gasteiger partial charge in [-0.1, -0.05) is 12.1 Å². The number of anilines is 1. The summed E-state index contributed by atoms with van der Waals surface area (Å²) in [6, 6.07) is 6.18. The molecule has 4 N–H and O–H groups in total. The summed E-state index contributed by atoms with van der Waals surface area (Å²) in [4.78, 5) is 20.9. The average molecular weight is 242 g/mol. The second kappa shape index (κ2) is 5.26.